The highest BCUT2D eigenvalue weighted by Crippen LogP contribution is 2.28. The zero-order valence-electron chi connectivity index (χ0n) is 10.1. The molecule has 5 nitrogen and oxygen atoms in total. The van der Waals surface area contributed by atoms with E-state index in [9.17, 15) is 13.2 Å². The van der Waals surface area contributed by atoms with E-state index in [0.29, 0.717) is 12.4 Å². The summed E-state index contributed by atoms with van der Waals surface area (Å²) in [5.41, 5.74) is 0.858. The van der Waals surface area contributed by atoms with Gasteiger partial charge in [0.1, 0.15) is 5.82 Å². The van der Waals surface area contributed by atoms with Crippen LogP contribution in [-0.2, 0) is 13.8 Å². The predicted molar refractivity (Wildman–Crippen MR) is 76.8 cm³/mol. The normalized spacial score (nSPS) is 20.1. The maximum atomic E-state index is 11.9. The Balaban J connectivity index is 2.20. The van der Waals surface area contributed by atoms with Gasteiger partial charge in [-0.2, -0.15) is 0 Å². The average Bonchev–Trinajstić information content (AvgIpc) is 2.56. The molecule has 8 heteroatoms. The third kappa shape index (κ3) is 3.67. The van der Waals surface area contributed by atoms with Gasteiger partial charge in [-0.05, 0) is 34.5 Å². The topological polar surface area (TPSA) is 67.3 Å². The van der Waals surface area contributed by atoms with Crippen LogP contribution in [-0.4, -0.2) is 31.6 Å². The summed E-state index contributed by atoms with van der Waals surface area (Å²) < 4.78 is 23.0. The summed E-state index contributed by atoms with van der Waals surface area (Å²) in [5.74, 6) is -0.0161. The summed E-state index contributed by atoms with van der Waals surface area (Å²) in [5, 5.41) is 0. The standard InChI is InChI=1S/C11H12BrClN2O3S/c1-7-2-9(12)4-14-11(7)15-5-8(3-10(15)16)6-19(13,17)18/h2,4,8H,3,5-6H2,1H3. The monoisotopic (exact) mass is 366 g/mol. The molecule has 0 radical (unpaired) electrons. The van der Waals surface area contributed by atoms with Crippen LogP contribution in [0.25, 0.3) is 0 Å². The maximum Gasteiger partial charge on any atom is 0.232 e. The van der Waals surface area contributed by atoms with Gasteiger partial charge in [-0.3, -0.25) is 9.69 Å². The van der Waals surface area contributed by atoms with Gasteiger partial charge in [0.05, 0.1) is 5.75 Å². The molecule has 1 fully saturated rings. The van der Waals surface area contributed by atoms with Gasteiger partial charge >= 0.3 is 0 Å². The van der Waals surface area contributed by atoms with Crippen molar-refractivity contribution < 1.29 is 13.2 Å². The number of anilines is 1. The fraction of sp³-hybridized carbons (Fsp3) is 0.455. The van der Waals surface area contributed by atoms with E-state index < -0.39 is 9.05 Å². The zero-order chi connectivity index (χ0) is 14.2. The lowest BCUT2D eigenvalue weighted by molar-refractivity contribution is -0.117. The number of carbonyl (C=O) groups is 1. The van der Waals surface area contributed by atoms with Crippen LogP contribution in [0.2, 0.25) is 0 Å². The van der Waals surface area contributed by atoms with Gasteiger partial charge in [-0.25, -0.2) is 13.4 Å². The zero-order valence-corrected chi connectivity index (χ0v) is 13.3. The lowest BCUT2D eigenvalue weighted by atomic mass is 10.1. The number of pyridine rings is 1. The molecule has 2 rings (SSSR count). The lowest BCUT2D eigenvalue weighted by Crippen LogP contribution is -2.27. The summed E-state index contributed by atoms with van der Waals surface area (Å²) >= 11 is 3.31. The molecule has 0 aliphatic carbocycles. The van der Waals surface area contributed by atoms with Crippen molar-refractivity contribution in [2.24, 2.45) is 5.92 Å². The summed E-state index contributed by atoms with van der Waals surface area (Å²) in [6.45, 7) is 2.19. The second-order valence-corrected chi connectivity index (χ2v) is 8.31. The number of carbonyl (C=O) groups excluding carboxylic acids is 1. The number of nitrogens with zero attached hydrogens (tertiary/aromatic N) is 2. The molecule has 0 bridgehead atoms. The van der Waals surface area contributed by atoms with E-state index >= 15 is 0 Å². The Kier molecular flexibility index (Phi) is 4.17. The number of amides is 1. The highest BCUT2D eigenvalue weighted by molar-refractivity contribution is 9.10. The Labute approximate surface area is 124 Å². The van der Waals surface area contributed by atoms with Crippen LogP contribution in [0.1, 0.15) is 12.0 Å². The quantitative estimate of drug-likeness (QED) is 0.767. The average molecular weight is 368 g/mol. The molecular formula is C11H12BrClN2O3S. The van der Waals surface area contributed by atoms with Gasteiger partial charge in [0.2, 0.25) is 15.0 Å². The van der Waals surface area contributed by atoms with Crippen LogP contribution < -0.4 is 4.90 Å². The van der Waals surface area contributed by atoms with Crippen molar-refractivity contribution in [2.45, 2.75) is 13.3 Å². The van der Waals surface area contributed by atoms with Crippen molar-refractivity contribution in [3.05, 3.63) is 22.3 Å². The van der Waals surface area contributed by atoms with Crippen LogP contribution in [0.15, 0.2) is 16.7 Å². The Morgan fingerprint density at radius 1 is 1.58 bits per heavy atom. The number of aryl methyl sites for hydroxylation is 1. The highest BCUT2D eigenvalue weighted by atomic mass is 79.9. The van der Waals surface area contributed by atoms with E-state index in [2.05, 4.69) is 20.9 Å². The largest absolute Gasteiger partial charge is 0.296 e. The van der Waals surface area contributed by atoms with E-state index in [1.165, 1.54) is 4.90 Å². The fourth-order valence-electron chi connectivity index (χ4n) is 2.20. The Hall–Kier alpha value is -0.660. The molecular weight excluding hydrogens is 356 g/mol. The van der Waals surface area contributed by atoms with Crippen LogP contribution in [0.5, 0.6) is 0 Å². The van der Waals surface area contributed by atoms with Gasteiger partial charge in [-0.1, -0.05) is 0 Å². The molecule has 1 aromatic rings. The number of aromatic nitrogens is 1. The second kappa shape index (κ2) is 5.38. The van der Waals surface area contributed by atoms with Crippen LogP contribution in [0, 0.1) is 12.8 Å². The number of halogens is 2. The van der Waals surface area contributed by atoms with Crippen molar-refractivity contribution in [3.63, 3.8) is 0 Å². The van der Waals surface area contributed by atoms with Crippen molar-refractivity contribution in [2.75, 3.05) is 17.2 Å². The minimum absolute atomic E-state index is 0.122. The highest BCUT2D eigenvalue weighted by Gasteiger charge is 2.34. The lowest BCUT2D eigenvalue weighted by Gasteiger charge is -2.17. The number of hydrogen-bond donors (Lipinski definition) is 0. The minimum Gasteiger partial charge on any atom is -0.296 e. The van der Waals surface area contributed by atoms with Crippen LogP contribution >= 0.6 is 26.6 Å². The SMILES string of the molecule is Cc1cc(Br)cnc1N1CC(CS(=O)(=O)Cl)CC1=O. The third-order valence-electron chi connectivity index (χ3n) is 2.91. The van der Waals surface area contributed by atoms with E-state index in [1.807, 2.05) is 13.0 Å². The van der Waals surface area contributed by atoms with Crippen molar-refractivity contribution >= 4 is 47.4 Å². The molecule has 1 atom stereocenters. The van der Waals surface area contributed by atoms with Gasteiger partial charge in [0.15, 0.2) is 0 Å². The molecule has 1 amide bonds. The first-order valence-electron chi connectivity index (χ1n) is 5.61. The summed E-state index contributed by atoms with van der Waals surface area (Å²) in [4.78, 5) is 17.7. The van der Waals surface area contributed by atoms with Gasteiger partial charge in [0, 0.05) is 40.2 Å². The second-order valence-electron chi connectivity index (χ2n) is 4.57. The molecule has 0 aromatic carbocycles. The molecule has 2 heterocycles. The fourth-order valence-corrected chi connectivity index (χ4v) is 3.96. The molecule has 0 N–H and O–H groups in total. The molecule has 1 aliphatic rings. The maximum absolute atomic E-state index is 11.9. The number of hydrogen-bond acceptors (Lipinski definition) is 4. The Bertz CT molecular complexity index is 620. The summed E-state index contributed by atoms with van der Waals surface area (Å²) in [6, 6.07) is 1.86. The predicted octanol–water partition coefficient (Wildman–Crippen LogP) is 2.07. The Morgan fingerprint density at radius 2 is 2.26 bits per heavy atom. The molecule has 1 unspecified atom stereocenters. The third-order valence-corrected chi connectivity index (χ3v) is 4.59. The Morgan fingerprint density at radius 3 is 2.84 bits per heavy atom. The number of rotatable bonds is 3. The van der Waals surface area contributed by atoms with Crippen molar-refractivity contribution in [1.82, 2.24) is 4.98 Å². The first kappa shape index (κ1) is 14.7. The minimum atomic E-state index is -3.59. The molecule has 0 saturated carbocycles. The van der Waals surface area contributed by atoms with Gasteiger partial charge in [-0.15, -0.1) is 0 Å². The van der Waals surface area contributed by atoms with Crippen molar-refractivity contribution in [1.29, 1.82) is 0 Å². The van der Waals surface area contributed by atoms with E-state index in [4.69, 9.17) is 10.7 Å². The van der Waals surface area contributed by atoms with Crippen LogP contribution in [0.3, 0.4) is 0 Å². The van der Waals surface area contributed by atoms with E-state index in [1.54, 1.807) is 6.20 Å². The first-order valence-corrected chi connectivity index (χ1v) is 8.88. The molecule has 19 heavy (non-hydrogen) atoms. The van der Waals surface area contributed by atoms with Crippen molar-refractivity contribution in [3.8, 4) is 0 Å². The van der Waals surface area contributed by atoms with E-state index in [-0.39, 0.29) is 24.0 Å². The molecule has 1 saturated heterocycles. The smallest absolute Gasteiger partial charge is 0.232 e. The first-order chi connectivity index (χ1) is 8.76. The molecule has 0 spiro atoms. The van der Waals surface area contributed by atoms with Gasteiger partial charge in [0.25, 0.3) is 0 Å². The van der Waals surface area contributed by atoms with Gasteiger partial charge < -0.3 is 0 Å². The molecule has 1 aromatic heterocycles. The van der Waals surface area contributed by atoms with Crippen LogP contribution in [0.4, 0.5) is 5.82 Å². The van der Waals surface area contributed by atoms with E-state index in [0.717, 1.165) is 10.0 Å². The summed E-state index contributed by atoms with van der Waals surface area (Å²) in [7, 11) is 1.64. The molecule has 1 aliphatic heterocycles. The molecule has 104 valence electrons. The summed E-state index contributed by atoms with van der Waals surface area (Å²) in [6.07, 6.45) is 1.80.